The number of carbonyl (C=O) groups is 1. The largest absolute Gasteiger partial charge is 0.394 e. The Morgan fingerprint density at radius 2 is 2.13 bits per heavy atom. The van der Waals surface area contributed by atoms with Gasteiger partial charge in [0.05, 0.1) is 18.7 Å². The van der Waals surface area contributed by atoms with Gasteiger partial charge in [-0.25, -0.2) is 13.6 Å². The number of rotatable bonds is 3. The lowest BCUT2D eigenvalue weighted by molar-refractivity contribution is 0.146. The van der Waals surface area contributed by atoms with Crippen LogP contribution >= 0.6 is 0 Å². The molecule has 1 fully saturated rings. The third-order valence-electron chi connectivity index (χ3n) is 4.26. The van der Waals surface area contributed by atoms with Crippen molar-refractivity contribution in [2.45, 2.75) is 45.7 Å². The molecule has 0 spiro atoms. The van der Waals surface area contributed by atoms with Crippen molar-refractivity contribution in [2.24, 2.45) is 5.41 Å². The molecule has 1 aliphatic rings. The third kappa shape index (κ3) is 3.99. The van der Waals surface area contributed by atoms with E-state index in [0.717, 1.165) is 18.9 Å². The number of benzene rings is 1. The SMILES string of the molecule is CC(C)(C)C(NC(=O)N1CCCC1CO)c1ccc(F)cc1F. The van der Waals surface area contributed by atoms with Gasteiger partial charge in [-0.15, -0.1) is 0 Å². The van der Waals surface area contributed by atoms with Crippen LogP contribution in [0.2, 0.25) is 0 Å². The van der Waals surface area contributed by atoms with Crippen molar-refractivity contribution in [3.63, 3.8) is 0 Å². The van der Waals surface area contributed by atoms with E-state index in [0.29, 0.717) is 6.54 Å². The van der Waals surface area contributed by atoms with Crippen LogP contribution in [0.25, 0.3) is 0 Å². The number of amides is 2. The molecule has 0 radical (unpaired) electrons. The highest BCUT2D eigenvalue weighted by molar-refractivity contribution is 5.75. The highest BCUT2D eigenvalue weighted by atomic mass is 19.1. The van der Waals surface area contributed by atoms with Gasteiger partial charge in [0.15, 0.2) is 0 Å². The normalized spacial score (nSPS) is 19.7. The maximum Gasteiger partial charge on any atom is 0.318 e. The van der Waals surface area contributed by atoms with Crippen molar-refractivity contribution in [3.05, 3.63) is 35.4 Å². The molecule has 0 saturated carbocycles. The number of halogens is 2. The summed E-state index contributed by atoms with van der Waals surface area (Å²) in [6.07, 6.45) is 1.60. The third-order valence-corrected chi connectivity index (χ3v) is 4.26. The average Bonchev–Trinajstić information content (AvgIpc) is 2.92. The fourth-order valence-corrected chi connectivity index (χ4v) is 3.00. The molecule has 1 aromatic carbocycles. The van der Waals surface area contributed by atoms with Crippen molar-refractivity contribution < 1.29 is 18.7 Å². The summed E-state index contributed by atoms with van der Waals surface area (Å²) in [7, 11) is 0. The number of likely N-dealkylation sites (tertiary alicyclic amines) is 1. The molecule has 2 N–H and O–H groups in total. The second-order valence-corrected chi connectivity index (χ2v) is 7.09. The van der Waals surface area contributed by atoms with Gasteiger partial charge < -0.3 is 15.3 Å². The molecule has 128 valence electrons. The molecule has 0 aliphatic carbocycles. The molecular formula is C17H24F2N2O2. The smallest absolute Gasteiger partial charge is 0.318 e. The predicted molar refractivity (Wildman–Crippen MR) is 83.9 cm³/mol. The van der Waals surface area contributed by atoms with Crippen molar-refractivity contribution in [1.29, 1.82) is 0 Å². The molecule has 1 saturated heterocycles. The summed E-state index contributed by atoms with van der Waals surface area (Å²) >= 11 is 0. The molecule has 1 aliphatic heterocycles. The Bertz CT molecular complexity index is 572. The first-order valence-corrected chi connectivity index (χ1v) is 7.87. The van der Waals surface area contributed by atoms with E-state index in [2.05, 4.69) is 5.32 Å². The number of hydrogen-bond donors (Lipinski definition) is 2. The summed E-state index contributed by atoms with van der Waals surface area (Å²) < 4.78 is 27.3. The summed E-state index contributed by atoms with van der Waals surface area (Å²) in [5, 5.41) is 12.2. The fourth-order valence-electron chi connectivity index (χ4n) is 3.00. The molecule has 4 nitrogen and oxygen atoms in total. The van der Waals surface area contributed by atoms with Gasteiger partial charge in [0.1, 0.15) is 11.6 Å². The Morgan fingerprint density at radius 3 is 2.70 bits per heavy atom. The molecule has 23 heavy (non-hydrogen) atoms. The van der Waals surface area contributed by atoms with E-state index in [1.54, 1.807) is 4.90 Å². The number of urea groups is 1. The standard InChI is InChI=1S/C17H24F2N2O2/c1-17(2,3)15(13-7-6-11(18)9-14(13)19)20-16(23)21-8-4-5-12(21)10-22/h6-7,9,12,15,22H,4-5,8,10H2,1-3H3,(H,20,23). The molecular weight excluding hydrogens is 302 g/mol. The van der Waals surface area contributed by atoms with Crippen LogP contribution in [-0.4, -0.2) is 35.2 Å². The lowest BCUT2D eigenvalue weighted by atomic mass is 9.82. The maximum absolute atomic E-state index is 14.2. The van der Waals surface area contributed by atoms with E-state index in [-0.39, 0.29) is 24.2 Å². The Balaban J connectivity index is 2.24. The summed E-state index contributed by atoms with van der Waals surface area (Å²) in [5.74, 6) is -1.32. The zero-order valence-corrected chi connectivity index (χ0v) is 13.8. The highest BCUT2D eigenvalue weighted by Crippen LogP contribution is 2.34. The molecule has 2 unspecified atom stereocenters. The van der Waals surface area contributed by atoms with Crippen molar-refractivity contribution >= 4 is 6.03 Å². The Kier molecular flexibility index (Phi) is 5.24. The monoisotopic (exact) mass is 326 g/mol. The Morgan fingerprint density at radius 1 is 1.43 bits per heavy atom. The van der Waals surface area contributed by atoms with Gasteiger partial charge in [0.25, 0.3) is 0 Å². The van der Waals surface area contributed by atoms with E-state index < -0.39 is 23.1 Å². The lowest BCUT2D eigenvalue weighted by Gasteiger charge is -2.34. The molecule has 1 heterocycles. The molecule has 0 aromatic heterocycles. The molecule has 2 rings (SSSR count). The number of nitrogens with zero attached hydrogens (tertiary/aromatic N) is 1. The van der Waals surface area contributed by atoms with Gasteiger partial charge in [-0.05, 0) is 24.3 Å². The maximum atomic E-state index is 14.2. The van der Waals surface area contributed by atoms with Crippen molar-refractivity contribution in [1.82, 2.24) is 10.2 Å². The number of carbonyl (C=O) groups excluding carboxylic acids is 1. The fraction of sp³-hybridized carbons (Fsp3) is 0.588. The number of nitrogens with one attached hydrogen (secondary N) is 1. The van der Waals surface area contributed by atoms with Gasteiger partial charge in [0, 0.05) is 18.2 Å². The highest BCUT2D eigenvalue weighted by Gasteiger charge is 2.34. The minimum atomic E-state index is -0.676. The van der Waals surface area contributed by atoms with Gasteiger partial charge in [0.2, 0.25) is 0 Å². The topological polar surface area (TPSA) is 52.6 Å². The van der Waals surface area contributed by atoms with Crippen molar-refractivity contribution in [3.8, 4) is 0 Å². The van der Waals surface area contributed by atoms with Gasteiger partial charge >= 0.3 is 6.03 Å². The molecule has 2 atom stereocenters. The predicted octanol–water partition coefficient (Wildman–Crippen LogP) is 3.22. The van der Waals surface area contributed by atoms with Crippen LogP contribution in [-0.2, 0) is 0 Å². The zero-order chi connectivity index (χ0) is 17.2. The number of aliphatic hydroxyl groups excluding tert-OH is 1. The second-order valence-electron chi connectivity index (χ2n) is 7.09. The second kappa shape index (κ2) is 6.83. The van der Waals surface area contributed by atoms with E-state index in [9.17, 15) is 18.7 Å². The van der Waals surface area contributed by atoms with Crippen LogP contribution in [0.15, 0.2) is 18.2 Å². The Hall–Kier alpha value is -1.69. The summed E-state index contributed by atoms with van der Waals surface area (Å²) in [4.78, 5) is 14.1. The van der Waals surface area contributed by atoms with E-state index >= 15 is 0 Å². The average molecular weight is 326 g/mol. The molecule has 2 amide bonds. The molecule has 6 heteroatoms. The van der Waals surface area contributed by atoms with Gasteiger partial charge in [-0.3, -0.25) is 0 Å². The van der Waals surface area contributed by atoms with Crippen LogP contribution in [0, 0.1) is 17.0 Å². The molecule has 1 aromatic rings. The minimum absolute atomic E-state index is 0.0848. The summed E-state index contributed by atoms with van der Waals surface area (Å²) in [5.41, 5.74) is -0.199. The van der Waals surface area contributed by atoms with E-state index in [4.69, 9.17) is 0 Å². The zero-order valence-electron chi connectivity index (χ0n) is 13.8. The van der Waals surface area contributed by atoms with E-state index in [1.807, 2.05) is 20.8 Å². The van der Waals surface area contributed by atoms with Crippen LogP contribution in [0.4, 0.5) is 13.6 Å². The van der Waals surface area contributed by atoms with Crippen LogP contribution in [0.5, 0.6) is 0 Å². The van der Waals surface area contributed by atoms with Crippen LogP contribution in [0.1, 0.15) is 45.2 Å². The van der Waals surface area contributed by atoms with Gasteiger partial charge in [-0.1, -0.05) is 26.8 Å². The summed E-state index contributed by atoms with van der Waals surface area (Å²) in [6.45, 7) is 6.13. The first-order chi connectivity index (χ1) is 10.7. The first kappa shape index (κ1) is 17.7. The van der Waals surface area contributed by atoms with Crippen LogP contribution < -0.4 is 5.32 Å². The van der Waals surface area contributed by atoms with Gasteiger partial charge in [-0.2, -0.15) is 0 Å². The first-order valence-electron chi connectivity index (χ1n) is 7.87. The summed E-state index contributed by atoms with van der Waals surface area (Å²) in [6, 6.07) is 2.26. The van der Waals surface area contributed by atoms with Crippen LogP contribution in [0.3, 0.4) is 0 Å². The van der Waals surface area contributed by atoms with Crippen molar-refractivity contribution in [2.75, 3.05) is 13.2 Å². The minimum Gasteiger partial charge on any atom is -0.394 e. The Labute approximate surface area is 135 Å². The number of aliphatic hydroxyl groups is 1. The molecule has 0 bridgehead atoms. The number of hydrogen-bond acceptors (Lipinski definition) is 2. The van der Waals surface area contributed by atoms with E-state index in [1.165, 1.54) is 12.1 Å². The quantitative estimate of drug-likeness (QED) is 0.896. The lowest BCUT2D eigenvalue weighted by Crippen LogP contribution is -2.48.